The maximum absolute atomic E-state index is 11.9. The van der Waals surface area contributed by atoms with Crippen LogP contribution in [0.5, 0.6) is 5.75 Å². The molecule has 3 aromatic rings. The number of hydrogen-bond donors (Lipinski definition) is 1. The molecule has 0 spiro atoms. The van der Waals surface area contributed by atoms with E-state index in [1.807, 2.05) is 44.2 Å². The number of hydrogen-bond acceptors (Lipinski definition) is 2. The quantitative estimate of drug-likeness (QED) is 0.551. The molecule has 0 heterocycles. The van der Waals surface area contributed by atoms with Crippen molar-refractivity contribution in [2.75, 3.05) is 0 Å². The van der Waals surface area contributed by atoms with E-state index in [0.717, 1.165) is 16.7 Å². The van der Waals surface area contributed by atoms with Crippen molar-refractivity contribution >= 4 is 5.97 Å². The Morgan fingerprint density at radius 1 is 0.786 bits per heavy atom. The van der Waals surface area contributed by atoms with Gasteiger partial charge < -0.3 is 9.84 Å². The van der Waals surface area contributed by atoms with Crippen molar-refractivity contribution in [1.82, 2.24) is 0 Å². The molecular formula is C25H26O3. The fraction of sp³-hybridized carbons (Fsp3) is 0.240. The highest BCUT2D eigenvalue weighted by Crippen LogP contribution is 2.31. The van der Waals surface area contributed by atoms with Gasteiger partial charge in [0.1, 0.15) is 17.4 Å². The lowest BCUT2D eigenvalue weighted by Gasteiger charge is -2.19. The van der Waals surface area contributed by atoms with Crippen LogP contribution in [0.15, 0.2) is 66.7 Å². The van der Waals surface area contributed by atoms with Crippen molar-refractivity contribution in [2.45, 2.75) is 39.7 Å². The highest BCUT2D eigenvalue weighted by molar-refractivity contribution is 5.91. The number of benzene rings is 3. The van der Waals surface area contributed by atoms with Crippen LogP contribution in [0, 0.1) is 13.8 Å². The number of carbonyl (C=O) groups is 1. The van der Waals surface area contributed by atoms with Crippen molar-refractivity contribution in [3.63, 3.8) is 0 Å². The van der Waals surface area contributed by atoms with Crippen LogP contribution in [0.2, 0.25) is 0 Å². The molecule has 0 bridgehead atoms. The summed E-state index contributed by atoms with van der Waals surface area (Å²) in [4.78, 5) is 11.9. The third-order valence-electron chi connectivity index (χ3n) is 5.16. The molecule has 3 aromatic carbocycles. The molecule has 3 nitrogen and oxygen atoms in total. The fourth-order valence-corrected chi connectivity index (χ4v) is 3.23. The van der Waals surface area contributed by atoms with Gasteiger partial charge in [-0.15, -0.1) is 0 Å². The maximum atomic E-state index is 11.9. The van der Waals surface area contributed by atoms with Crippen molar-refractivity contribution in [2.24, 2.45) is 0 Å². The van der Waals surface area contributed by atoms with Gasteiger partial charge in [0.25, 0.3) is 0 Å². The Morgan fingerprint density at radius 3 is 1.82 bits per heavy atom. The normalized spacial score (nSPS) is 13.0. The molecule has 0 aliphatic rings. The number of carboxylic acid groups (broad SMARTS) is 1. The second-order valence-corrected chi connectivity index (χ2v) is 7.36. The van der Waals surface area contributed by atoms with Crippen LogP contribution in [-0.2, 0) is 0 Å². The largest absolute Gasteiger partial charge is 0.485 e. The van der Waals surface area contributed by atoms with Gasteiger partial charge in [-0.1, -0.05) is 72.6 Å². The molecule has 144 valence electrons. The molecule has 0 aromatic heterocycles. The Morgan fingerprint density at radius 2 is 1.29 bits per heavy atom. The summed E-state index contributed by atoms with van der Waals surface area (Å²) >= 11 is 0. The second-order valence-electron chi connectivity index (χ2n) is 7.36. The van der Waals surface area contributed by atoms with Gasteiger partial charge in [0, 0.05) is 5.92 Å². The van der Waals surface area contributed by atoms with Crippen LogP contribution in [0.4, 0.5) is 0 Å². The van der Waals surface area contributed by atoms with Crippen molar-refractivity contribution in [1.29, 1.82) is 0 Å². The van der Waals surface area contributed by atoms with Gasteiger partial charge in [0.05, 0.1) is 0 Å². The van der Waals surface area contributed by atoms with Gasteiger partial charge in [-0.3, -0.25) is 0 Å². The first-order valence-corrected chi connectivity index (χ1v) is 9.52. The zero-order valence-electron chi connectivity index (χ0n) is 16.8. The molecular weight excluding hydrogens is 348 g/mol. The summed E-state index contributed by atoms with van der Waals surface area (Å²) < 4.78 is 6.01. The van der Waals surface area contributed by atoms with E-state index in [4.69, 9.17) is 4.74 Å². The number of aryl methyl sites for hydroxylation is 2. The Kier molecular flexibility index (Phi) is 5.84. The van der Waals surface area contributed by atoms with Crippen molar-refractivity contribution < 1.29 is 14.6 Å². The summed E-state index contributed by atoms with van der Waals surface area (Å²) in [6, 6.07) is 21.8. The molecule has 2 unspecified atom stereocenters. The topological polar surface area (TPSA) is 46.5 Å². The molecule has 0 radical (unpaired) electrons. The van der Waals surface area contributed by atoms with Crippen LogP contribution in [0.25, 0.3) is 0 Å². The molecule has 1 N–H and O–H groups in total. The Bertz CT molecular complexity index is 956. The summed E-state index contributed by atoms with van der Waals surface area (Å²) in [6.07, 6.45) is -0.237. The predicted molar refractivity (Wildman–Crippen MR) is 112 cm³/mol. The highest BCUT2D eigenvalue weighted by atomic mass is 16.5. The lowest BCUT2D eigenvalue weighted by Crippen LogP contribution is -2.09. The standard InChI is InChI=1S/C25H26O3/c1-16-5-9-20(10-6-16)18(3)22-13-14-24(23(15-22)25(26)27)28-19(4)21-11-7-17(2)8-12-21/h5-15,18-19H,1-4H3,(H,26,27). The minimum absolute atomic E-state index is 0.0993. The van der Waals surface area contributed by atoms with E-state index >= 15 is 0 Å². The maximum Gasteiger partial charge on any atom is 0.339 e. The summed E-state index contributed by atoms with van der Waals surface area (Å²) in [5, 5.41) is 9.72. The average Bonchev–Trinajstić information content (AvgIpc) is 2.68. The smallest absolute Gasteiger partial charge is 0.339 e. The lowest BCUT2D eigenvalue weighted by atomic mass is 9.91. The molecule has 0 aliphatic heterocycles. The van der Waals surface area contributed by atoms with E-state index in [2.05, 4.69) is 38.1 Å². The van der Waals surface area contributed by atoms with Crippen LogP contribution < -0.4 is 4.74 Å². The van der Waals surface area contributed by atoms with Crippen molar-refractivity contribution in [3.8, 4) is 5.75 Å². The SMILES string of the molecule is Cc1ccc(C(C)Oc2ccc(C(C)c3ccc(C)cc3)cc2C(=O)O)cc1. The highest BCUT2D eigenvalue weighted by Gasteiger charge is 2.18. The predicted octanol–water partition coefficient (Wildman–Crippen LogP) is 6.29. The minimum Gasteiger partial charge on any atom is -0.485 e. The number of ether oxygens (including phenoxy) is 1. The van der Waals surface area contributed by atoms with Crippen LogP contribution >= 0.6 is 0 Å². The summed E-state index contributed by atoms with van der Waals surface area (Å²) in [7, 11) is 0. The van der Waals surface area contributed by atoms with E-state index in [1.54, 1.807) is 12.1 Å². The van der Waals surface area contributed by atoms with Gasteiger partial charge in [-0.2, -0.15) is 0 Å². The zero-order valence-corrected chi connectivity index (χ0v) is 16.8. The molecule has 2 atom stereocenters. The summed E-state index contributed by atoms with van der Waals surface area (Å²) in [6.45, 7) is 8.10. The van der Waals surface area contributed by atoms with Gasteiger partial charge in [0.15, 0.2) is 0 Å². The van der Waals surface area contributed by atoms with E-state index in [0.29, 0.717) is 5.75 Å². The summed E-state index contributed by atoms with van der Waals surface area (Å²) in [5.74, 6) is -0.494. The van der Waals surface area contributed by atoms with Crippen LogP contribution in [0.1, 0.15) is 64.0 Å². The van der Waals surface area contributed by atoms with Crippen LogP contribution in [-0.4, -0.2) is 11.1 Å². The van der Waals surface area contributed by atoms with Crippen molar-refractivity contribution in [3.05, 3.63) is 100 Å². The van der Waals surface area contributed by atoms with E-state index in [-0.39, 0.29) is 17.6 Å². The first-order valence-electron chi connectivity index (χ1n) is 9.52. The summed E-state index contributed by atoms with van der Waals surface area (Å²) in [5.41, 5.74) is 5.70. The third-order valence-corrected chi connectivity index (χ3v) is 5.16. The van der Waals surface area contributed by atoms with Gasteiger partial charge >= 0.3 is 5.97 Å². The molecule has 0 saturated carbocycles. The Balaban J connectivity index is 1.87. The molecule has 0 amide bonds. The molecule has 0 saturated heterocycles. The molecule has 3 heteroatoms. The third kappa shape index (κ3) is 4.42. The van der Waals surface area contributed by atoms with Gasteiger partial charge in [-0.25, -0.2) is 4.79 Å². The molecule has 3 rings (SSSR count). The Hall–Kier alpha value is -3.07. The first kappa shape index (κ1) is 19.7. The number of carboxylic acids is 1. The number of aromatic carboxylic acids is 1. The number of rotatable bonds is 6. The molecule has 0 fully saturated rings. The van der Waals surface area contributed by atoms with E-state index in [9.17, 15) is 9.90 Å². The fourth-order valence-electron chi connectivity index (χ4n) is 3.23. The molecule has 0 aliphatic carbocycles. The van der Waals surface area contributed by atoms with Crippen LogP contribution in [0.3, 0.4) is 0 Å². The monoisotopic (exact) mass is 374 g/mol. The van der Waals surface area contributed by atoms with E-state index in [1.165, 1.54) is 11.1 Å². The van der Waals surface area contributed by atoms with Gasteiger partial charge in [-0.05, 0) is 49.6 Å². The first-order chi connectivity index (χ1) is 13.3. The second kappa shape index (κ2) is 8.30. The van der Waals surface area contributed by atoms with E-state index < -0.39 is 5.97 Å². The Labute approximate surface area is 166 Å². The minimum atomic E-state index is -0.982. The lowest BCUT2D eigenvalue weighted by molar-refractivity contribution is 0.0689. The average molecular weight is 374 g/mol. The molecule has 28 heavy (non-hydrogen) atoms. The zero-order chi connectivity index (χ0) is 20.3. The van der Waals surface area contributed by atoms with Gasteiger partial charge in [0.2, 0.25) is 0 Å².